The average molecular weight is 1510 g/mol. The van der Waals surface area contributed by atoms with Crippen LogP contribution in [-0.4, -0.2) is 106 Å². The maximum Gasteiger partial charge on any atom is 0.336 e. The second-order valence-corrected chi connectivity index (χ2v) is 34.5. The molecule has 11 aromatic rings. The van der Waals surface area contributed by atoms with Gasteiger partial charge in [0.2, 0.25) is 11.8 Å². The van der Waals surface area contributed by atoms with E-state index in [-0.39, 0.29) is 172 Å². The highest BCUT2D eigenvalue weighted by atomic mass is 16.6. The van der Waals surface area contributed by atoms with E-state index in [9.17, 15) is 0 Å². The van der Waals surface area contributed by atoms with Gasteiger partial charge < -0.3 is 47.4 Å². The molecule has 0 N–H and O–H groups in total. The van der Waals surface area contributed by atoms with Crippen LogP contribution in [0.3, 0.4) is 0 Å². The number of epoxide rings is 2. The van der Waals surface area contributed by atoms with Crippen molar-refractivity contribution in [3.63, 3.8) is 0 Å². The molecular formula is C92H92N4O16. The Labute approximate surface area is 650 Å². The molecule has 0 bridgehead atoms. The van der Waals surface area contributed by atoms with E-state index in [1.54, 1.807) is 36.4 Å². The van der Waals surface area contributed by atoms with Gasteiger partial charge in [0.15, 0.2) is 0 Å². The zero-order valence-electron chi connectivity index (χ0n) is 66.0. The largest absolute Gasteiger partial charge is 0.491 e. The molecule has 0 spiro atoms. The summed E-state index contributed by atoms with van der Waals surface area (Å²) in [5.74, 6) is -3.74. The van der Waals surface area contributed by atoms with E-state index in [4.69, 9.17) is 47.4 Å². The van der Waals surface area contributed by atoms with Gasteiger partial charge in [0.1, 0.15) is 95.0 Å². The minimum absolute atomic E-state index is 0.0321. The number of rotatable bonds is 24. The standard InChI is InChI=1S/C92H92N4O16/c1-49(2)37-67(87(101)111-73-39-59(33-35-93-73)103-45-61-47-105-61)95-83(97)63-41-69(107-55-25-17-51(18-26-55)89(5,6)7)77-79-71(109-57-29-21-53(22-30-57)91(11,12)13)43-65-76-66(86(100)96(85(65)99)68(38-50(3)4)88(102)112-74-40-60(34-36-94-74)104-46-62-48-106-62)44-72(110-58-31-23-54(24-32-58)92(14,15)16)80(82(76)79)78-70(42-64(84(95)98)75(63)81(77)78)108-56-27-19-52(20-28-56)90(8,9)10/h17-36,39-44,49-50,61-62,67-68H,37-38,45-48H2,1-16H3. The number of hydrogen-bond donors (Lipinski definition) is 0. The SMILES string of the molecule is CC(C)CC(C(=O)Oc1cc(OCC2CO2)ccn1)N1C(=O)c2cc(Oc3ccc(C(C)(C)C)cc3)c3c4c(Oc5ccc(C(C)(C)C)cc5)cc5c6c(cc(Oc7ccc(C(C)(C)C)cc7)c(c7c(Oc8ccc(C(C)(C)C)cc8)cc(c2c37)C1=O)c64)C(=O)N(C(CC(C)C)C(=O)Oc1cc(OCC2CO2)ccn1)C5=O. The van der Waals surface area contributed by atoms with Crippen molar-refractivity contribution in [2.45, 2.75) is 170 Å². The molecule has 6 heterocycles. The monoisotopic (exact) mass is 1510 g/mol. The van der Waals surface area contributed by atoms with Gasteiger partial charge in [-0.1, -0.05) is 159 Å². The number of fused-ring (bicyclic) bond motifs is 2. The first kappa shape index (κ1) is 75.9. The number of nitrogens with zero attached hydrogens (tertiary/aromatic N) is 4. The lowest BCUT2D eigenvalue weighted by atomic mass is 9.80. The van der Waals surface area contributed by atoms with E-state index in [0.717, 1.165) is 32.1 Å². The van der Waals surface area contributed by atoms with Crippen LogP contribution in [0.2, 0.25) is 0 Å². The minimum Gasteiger partial charge on any atom is -0.491 e. The van der Waals surface area contributed by atoms with Crippen LogP contribution in [0.15, 0.2) is 158 Å². The van der Waals surface area contributed by atoms with Gasteiger partial charge in [-0.05, 0) is 154 Å². The maximum atomic E-state index is 16.6. The van der Waals surface area contributed by atoms with Crippen LogP contribution >= 0.6 is 0 Å². The number of hydrogen-bond acceptors (Lipinski definition) is 18. The summed E-state index contributed by atoms with van der Waals surface area (Å²) in [6.45, 7) is 34.4. The van der Waals surface area contributed by atoms with Crippen LogP contribution in [0.5, 0.6) is 69.3 Å². The highest BCUT2D eigenvalue weighted by molar-refractivity contribution is 6.45. The van der Waals surface area contributed by atoms with E-state index in [0.29, 0.717) is 47.7 Å². The van der Waals surface area contributed by atoms with Gasteiger partial charge in [0.05, 0.1) is 35.5 Å². The van der Waals surface area contributed by atoms with Gasteiger partial charge in [0, 0.05) is 67.6 Å². The fourth-order valence-corrected chi connectivity index (χ4v) is 14.7. The molecule has 4 amide bonds. The molecule has 4 atom stereocenters. The third kappa shape index (κ3) is 15.2. The Morgan fingerprint density at radius 1 is 0.375 bits per heavy atom. The zero-order valence-corrected chi connectivity index (χ0v) is 66.0. The molecule has 4 aliphatic heterocycles. The van der Waals surface area contributed by atoms with Crippen LogP contribution in [-0.2, 0) is 40.7 Å². The number of esters is 2. The van der Waals surface area contributed by atoms with E-state index < -0.39 is 47.7 Å². The summed E-state index contributed by atoms with van der Waals surface area (Å²) in [4.78, 5) is 108. The lowest BCUT2D eigenvalue weighted by Gasteiger charge is -2.36. The Bertz CT molecular complexity index is 4970. The number of carbonyl (C=O) groups excluding carboxylic acids is 6. The van der Waals surface area contributed by atoms with Crippen molar-refractivity contribution in [1.82, 2.24) is 19.8 Å². The first-order valence-electron chi connectivity index (χ1n) is 38.2. The first-order valence-corrected chi connectivity index (χ1v) is 38.2. The number of pyridine rings is 2. The third-order valence-electron chi connectivity index (χ3n) is 20.8. The molecule has 20 heteroatoms. The third-order valence-corrected chi connectivity index (χ3v) is 20.8. The first-order chi connectivity index (χ1) is 53.1. The molecule has 0 aliphatic carbocycles. The summed E-state index contributed by atoms with van der Waals surface area (Å²) in [5.41, 5.74) is 2.74. The molecule has 4 unspecified atom stereocenters. The van der Waals surface area contributed by atoms with Crippen molar-refractivity contribution in [3.8, 4) is 69.3 Å². The number of imide groups is 2. The quantitative estimate of drug-likeness (QED) is 0.0180. The van der Waals surface area contributed by atoms with Gasteiger partial charge in [-0.3, -0.25) is 29.0 Å². The highest BCUT2D eigenvalue weighted by Crippen LogP contribution is 2.59. The van der Waals surface area contributed by atoms with Crippen LogP contribution in [0.25, 0.3) is 43.1 Å². The molecule has 4 aliphatic rings. The predicted molar refractivity (Wildman–Crippen MR) is 426 cm³/mol. The Hall–Kier alpha value is -11.5. The summed E-state index contributed by atoms with van der Waals surface area (Å²) in [6, 6.07) is 39.8. The molecule has 9 aromatic carbocycles. The molecule has 0 radical (unpaired) electrons. The van der Waals surface area contributed by atoms with Gasteiger partial charge in [-0.2, -0.15) is 0 Å². The number of benzene rings is 9. The molecule has 576 valence electrons. The number of aromatic nitrogens is 2. The van der Waals surface area contributed by atoms with Gasteiger partial charge in [-0.15, -0.1) is 0 Å². The second-order valence-electron chi connectivity index (χ2n) is 34.5. The summed E-state index contributed by atoms with van der Waals surface area (Å²) in [5, 5.41) is 1.89. The van der Waals surface area contributed by atoms with Gasteiger partial charge in [0.25, 0.3) is 23.6 Å². The minimum atomic E-state index is -1.54. The number of carbonyl (C=O) groups is 6. The van der Waals surface area contributed by atoms with Crippen molar-refractivity contribution >= 4 is 78.7 Å². The average Bonchev–Trinajstić information content (AvgIpc) is 0.857. The lowest BCUT2D eigenvalue weighted by molar-refractivity contribution is -0.140. The maximum absolute atomic E-state index is 16.6. The second kappa shape index (κ2) is 29.0. The van der Waals surface area contributed by atoms with Crippen molar-refractivity contribution in [2.24, 2.45) is 11.8 Å². The Kier molecular flexibility index (Phi) is 19.7. The summed E-state index contributed by atoms with van der Waals surface area (Å²) in [6.07, 6.45) is 2.67. The van der Waals surface area contributed by atoms with Crippen LogP contribution in [0.1, 0.15) is 187 Å². The summed E-state index contributed by atoms with van der Waals surface area (Å²) >= 11 is 0. The molecule has 0 saturated carbocycles. The smallest absolute Gasteiger partial charge is 0.336 e. The molecule has 112 heavy (non-hydrogen) atoms. The van der Waals surface area contributed by atoms with Crippen molar-refractivity contribution in [2.75, 3.05) is 26.4 Å². The van der Waals surface area contributed by atoms with Crippen LogP contribution < -0.4 is 37.9 Å². The number of ether oxygens (including phenoxy) is 10. The van der Waals surface area contributed by atoms with E-state index >= 15 is 28.8 Å². The van der Waals surface area contributed by atoms with E-state index in [2.05, 4.69) is 93.1 Å². The Morgan fingerprint density at radius 3 is 0.866 bits per heavy atom. The fourth-order valence-electron chi connectivity index (χ4n) is 14.7. The Balaban J connectivity index is 1.05. The molecule has 2 aromatic heterocycles. The normalized spacial score (nSPS) is 16.2. The van der Waals surface area contributed by atoms with Crippen molar-refractivity contribution in [3.05, 3.63) is 202 Å². The van der Waals surface area contributed by atoms with E-state index in [1.165, 1.54) is 24.5 Å². The summed E-state index contributed by atoms with van der Waals surface area (Å²) < 4.78 is 64.3. The van der Waals surface area contributed by atoms with Gasteiger partial charge >= 0.3 is 11.9 Å². The number of amides is 4. The fraction of sp³-hybridized carbons (Fsp3) is 0.348. The van der Waals surface area contributed by atoms with Crippen molar-refractivity contribution in [1.29, 1.82) is 0 Å². The van der Waals surface area contributed by atoms with Crippen LogP contribution in [0, 0.1) is 11.8 Å². The highest BCUT2D eigenvalue weighted by Gasteiger charge is 2.48. The zero-order chi connectivity index (χ0) is 79.4. The molecule has 20 nitrogen and oxygen atoms in total. The van der Waals surface area contributed by atoms with Crippen molar-refractivity contribution < 1.29 is 76.1 Å². The molecular weight excluding hydrogens is 1420 g/mol. The molecule has 2 fully saturated rings. The molecule has 15 rings (SSSR count). The summed E-state index contributed by atoms with van der Waals surface area (Å²) in [7, 11) is 0. The molecule has 2 saturated heterocycles. The predicted octanol–water partition coefficient (Wildman–Crippen LogP) is 19.7. The lowest BCUT2D eigenvalue weighted by Crippen LogP contribution is -2.52. The van der Waals surface area contributed by atoms with E-state index in [1.807, 2.05) is 125 Å². The van der Waals surface area contributed by atoms with Crippen LogP contribution in [0.4, 0.5) is 0 Å². The topological polar surface area (TPSA) is 234 Å². The van der Waals surface area contributed by atoms with Gasteiger partial charge in [-0.25, -0.2) is 19.6 Å². The Morgan fingerprint density at radius 2 is 0.634 bits per heavy atom.